The fourth-order valence-electron chi connectivity index (χ4n) is 1.78. The molecule has 1 amide bonds. The van der Waals surface area contributed by atoms with E-state index in [0.29, 0.717) is 34.4 Å². The molecule has 0 radical (unpaired) electrons. The summed E-state index contributed by atoms with van der Waals surface area (Å²) >= 11 is 3.28. The molecule has 0 aliphatic rings. The Hall–Kier alpha value is -1.56. The molecule has 0 saturated carbocycles. The van der Waals surface area contributed by atoms with Crippen LogP contribution in [-0.4, -0.2) is 36.5 Å². The van der Waals surface area contributed by atoms with Crippen molar-refractivity contribution >= 4 is 33.5 Å². The summed E-state index contributed by atoms with van der Waals surface area (Å²) in [4.78, 5) is 25.4. The molecule has 0 fully saturated rings. The monoisotopic (exact) mass is 342 g/mol. The highest BCUT2D eigenvalue weighted by Crippen LogP contribution is 2.23. The maximum atomic E-state index is 12.0. The number of nitrogens with zero attached hydrogens (tertiary/aromatic N) is 1. The number of carbonyl (C=O) groups is 2. The quantitative estimate of drug-likeness (QED) is 0.658. The summed E-state index contributed by atoms with van der Waals surface area (Å²) in [6.07, 6.45) is 0. The van der Waals surface area contributed by atoms with Crippen molar-refractivity contribution in [2.24, 2.45) is 0 Å². The number of anilines is 1. The first-order valence-corrected chi connectivity index (χ1v) is 7.20. The Morgan fingerprint density at radius 3 is 2.45 bits per heavy atom. The molecule has 0 bridgehead atoms. The Balaban J connectivity index is 2.75. The lowest BCUT2D eigenvalue weighted by Gasteiger charge is -2.18. The van der Waals surface area contributed by atoms with E-state index in [1.165, 1.54) is 0 Å². The highest BCUT2D eigenvalue weighted by molar-refractivity contribution is 9.10. The first-order valence-electron chi connectivity index (χ1n) is 6.41. The van der Waals surface area contributed by atoms with Gasteiger partial charge < -0.3 is 15.4 Å². The van der Waals surface area contributed by atoms with Gasteiger partial charge in [-0.1, -0.05) is 15.9 Å². The molecule has 0 atom stereocenters. The average Bonchev–Trinajstić information content (AvgIpc) is 2.41. The highest BCUT2D eigenvalue weighted by atomic mass is 79.9. The van der Waals surface area contributed by atoms with Gasteiger partial charge in [0.15, 0.2) is 6.61 Å². The zero-order valence-corrected chi connectivity index (χ0v) is 13.5. The molecule has 2 N–H and O–H groups in total. The maximum absolute atomic E-state index is 12.0. The Kier molecular flexibility index (Phi) is 6.01. The summed E-state index contributed by atoms with van der Waals surface area (Å²) < 4.78 is 5.76. The van der Waals surface area contributed by atoms with Crippen LogP contribution in [0.5, 0.6) is 0 Å². The van der Waals surface area contributed by atoms with Gasteiger partial charge in [-0.05, 0) is 38.5 Å². The molecule has 20 heavy (non-hydrogen) atoms. The van der Waals surface area contributed by atoms with E-state index in [9.17, 15) is 9.59 Å². The number of benzene rings is 1. The Bertz CT molecular complexity index is 513. The van der Waals surface area contributed by atoms with Gasteiger partial charge in [-0.25, -0.2) is 4.79 Å². The van der Waals surface area contributed by atoms with Gasteiger partial charge >= 0.3 is 5.97 Å². The molecule has 0 heterocycles. The van der Waals surface area contributed by atoms with Crippen LogP contribution in [0.2, 0.25) is 0 Å². The number of ether oxygens (including phenoxy) is 1. The lowest BCUT2D eigenvalue weighted by molar-refractivity contribution is -0.134. The van der Waals surface area contributed by atoms with Crippen LogP contribution in [0.15, 0.2) is 16.6 Å². The van der Waals surface area contributed by atoms with Crippen LogP contribution < -0.4 is 5.73 Å². The van der Waals surface area contributed by atoms with Gasteiger partial charge in [-0.2, -0.15) is 0 Å². The topological polar surface area (TPSA) is 72.6 Å². The van der Waals surface area contributed by atoms with Crippen LogP contribution in [0.3, 0.4) is 0 Å². The minimum atomic E-state index is -0.545. The number of likely N-dealkylation sites (N-methyl/N-ethyl adjacent to an activating group) is 1. The Labute approximate surface area is 127 Å². The Morgan fingerprint density at radius 1 is 1.30 bits per heavy atom. The number of rotatable bonds is 5. The van der Waals surface area contributed by atoms with Crippen molar-refractivity contribution < 1.29 is 14.3 Å². The largest absolute Gasteiger partial charge is 0.452 e. The van der Waals surface area contributed by atoms with Crippen molar-refractivity contribution in [1.29, 1.82) is 0 Å². The molecule has 1 rings (SSSR count). The second kappa shape index (κ2) is 7.28. The lowest BCUT2D eigenvalue weighted by atomic mass is 10.1. The molecule has 1 aromatic rings. The minimum absolute atomic E-state index is 0.205. The standard InChI is InChI=1S/C14H19BrN2O3/c1-4-17(5-2)13(18)8-20-14(19)11-6-10(15)7-12(16)9(11)3/h6-7H,4-5,8,16H2,1-3H3. The zero-order valence-electron chi connectivity index (χ0n) is 11.9. The number of amides is 1. The normalized spacial score (nSPS) is 10.2. The van der Waals surface area contributed by atoms with Crippen molar-refractivity contribution in [3.05, 3.63) is 27.7 Å². The third-order valence-corrected chi connectivity index (χ3v) is 3.53. The molecular formula is C14H19BrN2O3. The van der Waals surface area contributed by atoms with Gasteiger partial charge in [0.2, 0.25) is 0 Å². The van der Waals surface area contributed by atoms with E-state index in [2.05, 4.69) is 15.9 Å². The van der Waals surface area contributed by atoms with Crippen molar-refractivity contribution in [2.45, 2.75) is 20.8 Å². The molecule has 0 aromatic heterocycles. The third-order valence-electron chi connectivity index (χ3n) is 3.08. The molecule has 0 saturated heterocycles. The van der Waals surface area contributed by atoms with Crippen molar-refractivity contribution in [1.82, 2.24) is 4.90 Å². The van der Waals surface area contributed by atoms with Gasteiger partial charge in [-0.15, -0.1) is 0 Å². The summed E-state index contributed by atoms with van der Waals surface area (Å²) in [5, 5.41) is 0. The van der Waals surface area contributed by atoms with Gasteiger partial charge in [0, 0.05) is 23.2 Å². The summed E-state index contributed by atoms with van der Waals surface area (Å²) in [5.41, 5.74) is 7.31. The number of hydrogen-bond donors (Lipinski definition) is 1. The molecule has 5 nitrogen and oxygen atoms in total. The maximum Gasteiger partial charge on any atom is 0.339 e. The highest BCUT2D eigenvalue weighted by Gasteiger charge is 2.17. The third kappa shape index (κ3) is 3.96. The Morgan fingerprint density at radius 2 is 1.90 bits per heavy atom. The number of esters is 1. The number of halogens is 1. The van der Waals surface area contributed by atoms with Crippen LogP contribution in [0, 0.1) is 6.92 Å². The number of nitrogen functional groups attached to an aromatic ring is 1. The van der Waals surface area contributed by atoms with Gasteiger partial charge in [0.1, 0.15) is 0 Å². The summed E-state index contributed by atoms with van der Waals surface area (Å²) in [5.74, 6) is -0.750. The van der Waals surface area contributed by atoms with E-state index in [1.54, 1.807) is 24.0 Å². The molecule has 6 heteroatoms. The molecule has 1 aromatic carbocycles. The second-order valence-corrected chi connectivity index (χ2v) is 5.23. The number of hydrogen-bond acceptors (Lipinski definition) is 4. The molecule has 0 aliphatic carbocycles. The number of nitrogens with two attached hydrogens (primary N) is 1. The average molecular weight is 343 g/mol. The van der Waals surface area contributed by atoms with Gasteiger partial charge in [-0.3, -0.25) is 4.79 Å². The van der Waals surface area contributed by atoms with Crippen LogP contribution >= 0.6 is 15.9 Å². The molecule has 0 unspecified atom stereocenters. The predicted molar refractivity (Wildman–Crippen MR) is 81.5 cm³/mol. The van der Waals surface area contributed by atoms with E-state index in [1.807, 2.05) is 13.8 Å². The van der Waals surface area contributed by atoms with E-state index in [-0.39, 0.29) is 12.5 Å². The fraction of sp³-hybridized carbons (Fsp3) is 0.429. The van der Waals surface area contributed by atoms with E-state index in [4.69, 9.17) is 10.5 Å². The number of carbonyl (C=O) groups excluding carboxylic acids is 2. The molecular weight excluding hydrogens is 324 g/mol. The second-order valence-electron chi connectivity index (χ2n) is 4.31. The minimum Gasteiger partial charge on any atom is -0.452 e. The lowest BCUT2D eigenvalue weighted by Crippen LogP contribution is -2.34. The summed E-state index contributed by atoms with van der Waals surface area (Å²) in [6.45, 7) is 6.42. The van der Waals surface area contributed by atoms with Crippen LogP contribution in [0.25, 0.3) is 0 Å². The smallest absolute Gasteiger partial charge is 0.339 e. The molecule has 0 aliphatic heterocycles. The van der Waals surface area contributed by atoms with E-state index < -0.39 is 5.97 Å². The van der Waals surface area contributed by atoms with Crippen LogP contribution in [-0.2, 0) is 9.53 Å². The zero-order chi connectivity index (χ0) is 15.3. The predicted octanol–water partition coefficient (Wildman–Crippen LogP) is 2.36. The summed E-state index contributed by atoms with van der Waals surface area (Å²) in [6, 6.07) is 3.35. The van der Waals surface area contributed by atoms with Crippen molar-refractivity contribution in [3.8, 4) is 0 Å². The molecule has 110 valence electrons. The first kappa shape index (κ1) is 16.5. The first-order chi connectivity index (χ1) is 9.40. The van der Waals surface area contributed by atoms with Gasteiger partial charge in [0.05, 0.1) is 5.56 Å². The van der Waals surface area contributed by atoms with Crippen molar-refractivity contribution in [2.75, 3.05) is 25.4 Å². The van der Waals surface area contributed by atoms with E-state index in [0.717, 1.165) is 0 Å². The summed E-state index contributed by atoms with van der Waals surface area (Å²) in [7, 11) is 0. The SMILES string of the molecule is CCN(CC)C(=O)COC(=O)c1cc(Br)cc(N)c1C. The van der Waals surface area contributed by atoms with Gasteiger partial charge in [0.25, 0.3) is 5.91 Å². The van der Waals surface area contributed by atoms with E-state index >= 15 is 0 Å². The molecule has 0 spiro atoms. The van der Waals surface area contributed by atoms with Crippen LogP contribution in [0.4, 0.5) is 5.69 Å². The van der Waals surface area contributed by atoms with Crippen LogP contribution in [0.1, 0.15) is 29.8 Å². The van der Waals surface area contributed by atoms with Crippen molar-refractivity contribution in [3.63, 3.8) is 0 Å². The fourth-order valence-corrected chi connectivity index (χ4v) is 2.26.